The van der Waals surface area contributed by atoms with Crippen LogP contribution in [0.5, 0.6) is 11.5 Å². The van der Waals surface area contributed by atoms with Crippen molar-refractivity contribution in [2.45, 2.75) is 6.54 Å². The molecule has 0 radical (unpaired) electrons. The van der Waals surface area contributed by atoms with Crippen molar-refractivity contribution >= 4 is 11.9 Å². The van der Waals surface area contributed by atoms with E-state index >= 15 is 0 Å². The second-order valence-electron chi connectivity index (χ2n) is 7.15. The van der Waals surface area contributed by atoms with Gasteiger partial charge in [0.1, 0.15) is 24.0 Å². The van der Waals surface area contributed by atoms with Crippen molar-refractivity contribution in [2.24, 2.45) is 0 Å². The molecule has 0 spiro atoms. The first-order chi connectivity index (χ1) is 13.8. The zero-order valence-electron chi connectivity index (χ0n) is 15.6. The lowest BCUT2D eigenvalue weighted by Gasteiger charge is -2.33. The Hall–Kier alpha value is -2.61. The first kappa shape index (κ1) is 17.5. The van der Waals surface area contributed by atoms with E-state index in [1.807, 2.05) is 6.07 Å². The molecule has 1 saturated heterocycles. The summed E-state index contributed by atoms with van der Waals surface area (Å²) in [6.07, 6.45) is 3.20. The standard InChI is InChI=1S/C21H22N2O5/c24-20-16-3-4-18-17(21(16)28-19(20)12-15-2-1-9-26-15)13-23(14-27-18)6-5-22-7-10-25-11-8-22/h1-4,9,12H,5-8,10-11,13-14H2/b19-12-. The van der Waals surface area contributed by atoms with Crippen LogP contribution in [-0.4, -0.2) is 61.7 Å². The number of Topliss-reactive ketones (excluding diaryl/α,β-unsaturated/α-hetero) is 1. The molecule has 0 saturated carbocycles. The van der Waals surface area contributed by atoms with Crippen LogP contribution >= 0.6 is 0 Å². The minimum atomic E-state index is -0.125. The number of hydrogen-bond acceptors (Lipinski definition) is 7. The number of nitrogens with zero attached hydrogens (tertiary/aromatic N) is 2. The molecule has 0 unspecified atom stereocenters. The van der Waals surface area contributed by atoms with E-state index in [0.717, 1.165) is 50.7 Å². The van der Waals surface area contributed by atoms with Crippen LogP contribution in [0.15, 0.2) is 40.7 Å². The molecule has 0 atom stereocenters. The highest BCUT2D eigenvalue weighted by atomic mass is 16.5. The van der Waals surface area contributed by atoms with Crippen LogP contribution in [0.3, 0.4) is 0 Å². The zero-order chi connectivity index (χ0) is 18.9. The van der Waals surface area contributed by atoms with Crippen LogP contribution in [0.25, 0.3) is 6.08 Å². The van der Waals surface area contributed by atoms with Gasteiger partial charge in [-0.3, -0.25) is 14.6 Å². The summed E-state index contributed by atoms with van der Waals surface area (Å²) in [5.74, 6) is 2.14. The van der Waals surface area contributed by atoms with Crippen molar-refractivity contribution in [1.29, 1.82) is 0 Å². The molecule has 146 valence electrons. The van der Waals surface area contributed by atoms with Crippen LogP contribution in [-0.2, 0) is 11.3 Å². The minimum absolute atomic E-state index is 0.125. The lowest BCUT2D eigenvalue weighted by atomic mass is 10.0. The van der Waals surface area contributed by atoms with E-state index in [2.05, 4.69) is 9.80 Å². The van der Waals surface area contributed by atoms with Gasteiger partial charge in [-0.25, -0.2) is 0 Å². The van der Waals surface area contributed by atoms with Crippen LogP contribution in [0.4, 0.5) is 0 Å². The Balaban J connectivity index is 1.33. The summed E-state index contributed by atoms with van der Waals surface area (Å²) in [6.45, 7) is 6.65. The van der Waals surface area contributed by atoms with E-state index in [9.17, 15) is 4.79 Å². The van der Waals surface area contributed by atoms with E-state index in [4.69, 9.17) is 18.6 Å². The van der Waals surface area contributed by atoms with Crippen molar-refractivity contribution in [3.8, 4) is 11.5 Å². The maximum Gasteiger partial charge on any atom is 0.232 e. The molecule has 3 aliphatic rings. The molecular formula is C21H22N2O5. The van der Waals surface area contributed by atoms with E-state index in [0.29, 0.717) is 30.3 Å². The van der Waals surface area contributed by atoms with Gasteiger partial charge in [0.05, 0.1) is 30.6 Å². The molecule has 7 nitrogen and oxygen atoms in total. The van der Waals surface area contributed by atoms with Crippen LogP contribution in [0.2, 0.25) is 0 Å². The quantitative estimate of drug-likeness (QED) is 0.752. The molecule has 7 heteroatoms. The fourth-order valence-electron chi connectivity index (χ4n) is 3.76. The Labute approximate surface area is 163 Å². The summed E-state index contributed by atoms with van der Waals surface area (Å²) in [6, 6.07) is 7.22. The maximum atomic E-state index is 12.7. The first-order valence-corrected chi connectivity index (χ1v) is 9.57. The summed E-state index contributed by atoms with van der Waals surface area (Å²) < 4.78 is 22.6. The average Bonchev–Trinajstić information content (AvgIpc) is 3.36. The van der Waals surface area contributed by atoms with Crippen LogP contribution in [0.1, 0.15) is 21.7 Å². The number of carbonyl (C=O) groups is 1. The van der Waals surface area contributed by atoms with E-state index in [1.165, 1.54) is 0 Å². The van der Waals surface area contributed by atoms with Crippen LogP contribution < -0.4 is 9.47 Å². The monoisotopic (exact) mass is 382 g/mol. The smallest absolute Gasteiger partial charge is 0.232 e. The lowest BCUT2D eigenvalue weighted by Crippen LogP contribution is -2.43. The van der Waals surface area contributed by atoms with Gasteiger partial charge in [-0.05, 0) is 24.3 Å². The fraction of sp³-hybridized carbons (Fsp3) is 0.381. The molecule has 2 aromatic rings. The topological polar surface area (TPSA) is 64.4 Å². The highest BCUT2D eigenvalue weighted by molar-refractivity contribution is 6.14. The van der Waals surface area contributed by atoms with Crippen molar-refractivity contribution < 1.29 is 23.4 Å². The Morgan fingerprint density at radius 3 is 2.75 bits per heavy atom. The van der Waals surface area contributed by atoms with Crippen molar-refractivity contribution in [2.75, 3.05) is 46.1 Å². The minimum Gasteiger partial charge on any atom is -0.478 e. The largest absolute Gasteiger partial charge is 0.478 e. The number of morpholine rings is 1. The van der Waals surface area contributed by atoms with E-state index < -0.39 is 0 Å². The fourth-order valence-corrected chi connectivity index (χ4v) is 3.76. The third kappa shape index (κ3) is 3.32. The average molecular weight is 382 g/mol. The molecule has 0 bridgehead atoms. The summed E-state index contributed by atoms with van der Waals surface area (Å²) >= 11 is 0. The number of fused-ring (bicyclic) bond motifs is 3. The van der Waals surface area contributed by atoms with Crippen molar-refractivity contribution in [3.63, 3.8) is 0 Å². The molecule has 1 aromatic carbocycles. The van der Waals surface area contributed by atoms with Gasteiger partial charge in [0.25, 0.3) is 0 Å². The van der Waals surface area contributed by atoms with Gasteiger partial charge in [-0.15, -0.1) is 0 Å². The van der Waals surface area contributed by atoms with Gasteiger partial charge in [0.15, 0.2) is 5.76 Å². The third-order valence-corrected chi connectivity index (χ3v) is 5.33. The van der Waals surface area contributed by atoms with E-state index in [1.54, 1.807) is 30.5 Å². The second-order valence-corrected chi connectivity index (χ2v) is 7.15. The third-order valence-electron chi connectivity index (χ3n) is 5.33. The van der Waals surface area contributed by atoms with Gasteiger partial charge in [-0.2, -0.15) is 0 Å². The molecule has 28 heavy (non-hydrogen) atoms. The number of hydrogen-bond donors (Lipinski definition) is 0. The Bertz CT molecular complexity index is 900. The number of allylic oxidation sites excluding steroid dienone is 1. The molecule has 4 heterocycles. The number of benzene rings is 1. The Morgan fingerprint density at radius 2 is 1.93 bits per heavy atom. The van der Waals surface area contributed by atoms with Gasteiger partial charge in [0, 0.05) is 38.8 Å². The Kier molecular flexibility index (Phi) is 4.64. The first-order valence-electron chi connectivity index (χ1n) is 9.57. The normalized spacial score (nSPS) is 21.3. The molecule has 1 aromatic heterocycles. The predicted molar refractivity (Wildman–Crippen MR) is 101 cm³/mol. The Morgan fingerprint density at radius 1 is 1.07 bits per heavy atom. The predicted octanol–water partition coefficient (Wildman–Crippen LogP) is 2.38. The summed E-state index contributed by atoms with van der Waals surface area (Å²) in [4.78, 5) is 17.4. The SMILES string of the molecule is O=C1/C(=C/c2ccco2)Oc2c1ccc1c2CN(CCN2CCOCC2)CO1. The summed E-state index contributed by atoms with van der Waals surface area (Å²) in [5, 5.41) is 0. The lowest BCUT2D eigenvalue weighted by molar-refractivity contribution is 0.0239. The number of rotatable bonds is 4. The van der Waals surface area contributed by atoms with Gasteiger partial charge in [-0.1, -0.05) is 0 Å². The second kappa shape index (κ2) is 7.43. The highest BCUT2D eigenvalue weighted by Crippen LogP contribution is 2.41. The number of ether oxygens (including phenoxy) is 3. The molecule has 0 N–H and O–H groups in total. The molecule has 3 aliphatic heterocycles. The molecule has 0 aliphatic carbocycles. The molecule has 5 rings (SSSR count). The zero-order valence-corrected chi connectivity index (χ0v) is 15.6. The molecule has 1 fully saturated rings. The van der Waals surface area contributed by atoms with Crippen LogP contribution in [0, 0.1) is 0 Å². The van der Waals surface area contributed by atoms with Crippen molar-refractivity contribution in [3.05, 3.63) is 53.2 Å². The number of ketones is 1. The molecule has 0 amide bonds. The van der Waals surface area contributed by atoms with Crippen molar-refractivity contribution in [1.82, 2.24) is 9.80 Å². The van der Waals surface area contributed by atoms with E-state index in [-0.39, 0.29) is 11.5 Å². The molecular weight excluding hydrogens is 360 g/mol. The highest BCUT2D eigenvalue weighted by Gasteiger charge is 2.33. The summed E-state index contributed by atoms with van der Waals surface area (Å²) in [5.41, 5.74) is 1.51. The van der Waals surface area contributed by atoms with Gasteiger partial charge < -0.3 is 18.6 Å². The number of carbonyl (C=O) groups excluding carboxylic acids is 1. The van der Waals surface area contributed by atoms with Gasteiger partial charge >= 0.3 is 0 Å². The summed E-state index contributed by atoms with van der Waals surface area (Å²) in [7, 11) is 0. The number of furan rings is 1. The van der Waals surface area contributed by atoms with Gasteiger partial charge in [0.2, 0.25) is 5.78 Å². The maximum absolute atomic E-state index is 12.7.